The van der Waals surface area contributed by atoms with E-state index < -0.39 is 0 Å². The maximum atomic E-state index is 11.1. The van der Waals surface area contributed by atoms with Crippen molar-refractivity contribution in [2.45, 2.75) is 6.42 Å². The average molecular weight is 216 g/mol. The SMILES string of the molecule is COC(=O)Cc1cc(-c2ccncc2)c[nH]1. The normalized spacial score (nSPS) is 10.1. The standard InChI is InChI=1S/C12H12N2O2/c1-16-12(15)7-11-6-10(8-14-11)9-2-4-13-5-3-9/h2-6,8,14H,7H2,1H3. The molecule has 0 bridgehead atoms. The van der Waals surface area contributed by atoms with Crippen LogP contribution in [0.4, 0.5) is 0 Å². The van der Waals surface area contributed by atoms with Crippen molar-refractivity contribution in [2.24, 2.45) is 0 Å². The molecule has 2 aromatic heterocycles. The Morgan fingerprint density at radius 1 is 1.38 bits per heavy atom. The van der Waals surface area contributed by atoms with Crippen LogP contribution in [0.5, 0.6) is 0 Å². The van der Waals surface area contributed by atoms with Gasteiger partial charge in [-0.1, -0.05) is 0 Å². The summed E-state index contributed by atoms with van der Waals surface area (Å²) in [6.07, 6.45) is 5.61. The van der Waals surface area contributed by atoms with Gasteiger partial charge in [0.25, 0.3) is 0 Å². The Kier molecular flexibility index (Phi) is 3.00. The highest BCUT2D eigenvalue weighted by molar-refractivity contribution is 5.73. The lowest BCUT2D eigenvalue weighted by atomic mass is 10.1. The van der Waals surface area contributed by atoms with Crippen molar-refractivity contribution in [1.82, 2.24) is 9.97 Å². The summed E-state index contributed by atoms with van der Waals surface area (Å²) in [5, 5.41) is 0. The number of nitrogens with one attached hydrogen (secondary N) is 1. The summed E-state index contributed by atoms with van der Waals surface area (Å²) in [7, 11) is 1.38. The van der Waals surface area contributed by atoms with Crippen molar-refractivity contribution in [3.8, 4) is 11.1 Å². The fourth-order valence-electron chi connectivity index (χ4n) is 1.48. The Balaban J connectivity index is 2.17. The van der Waals surface area contributed by atoms with Crippen molar-refractivity contribution >= 4 is 5.97 Å². The highest BCUT2D eigenvalue weighted by Gasteiger charge is 2.06. The number of esters is 1. The average Bonchev–Trinajstić information content (AvgIpc) is 2.78. The van der Waals surface area contributed by atoms with E-state index in [2.05, 4.69) is 14.7 Å². The van der Waals surface area contributed by atoms with Gasteiger partial charge in [0.15, 0.2) is 0 Å². The summed E-state index contributed by atoms with van der Waals surface area (Å²) in [6, 6.07) is 5.78. The number of methoxy groups -OCH3 is 1. The Labute approximate surface area is 93.3 Å². The third-order valence-electron chi connectivity index (χ3n) is 2.32. The van der Waals surface area contributed by atoms with Crippen molar-refractivity contribution in [3.05, 3.63) is 42.5 Å². The number of pyridine rings is 1. The van der Waals surface area contributed by atoms with Crippen LogP contribution in [0.3, 0.4) is 0 Å². The summed E-state index contributed by atoms with van der Waals surface area (Å²) in [5.74, 6) is -0.247. The largest absolute Gasteiger partial charge is 0.469 e. The monoisotopic (exact) mass is 216 g/mol. The van der Waals surface area contributed by atoms with Crippen LogP contribution in [0.2, 0.25) is 0 Å². The maximum Gasteiger partial charge on any atom is 0.311 e. The molecule has 2 aromatic rings. The number of aromatic amines is 1. The van der Waals surface area contributed by atoms with Crippen LogP contribution in [-0.2, 0) is 16.0 Å². The van der Waals surface area contributed by atoms with Crippen LogP contribution in [0.15, 0.2) is 36.8 Å². The molecule has 4 heteroatoms. The van der Waals surface area contributed by atoms with Crippen LogP contribution < -0.4 is 0 Å². The fourth-order valence-corrected chi connectivity index (χ4v) is 1.48. The van der Waals surface area contributed by atoms with E-state index in [1.54, 1.807) is 12.4 Å². The van der Waals surface area contributed by atoms with Crippen LogP contribution in [0, 0.1) is 0 Å². The van der Waals surface area contributed by atoms with E-state index in [-0.39, 0.29) is 12.4 Å². The molecule has 0 aliphatic heterocycles. The highest BCUT2D eigenvalue weighted by Crippen LogP contribution is 2.19. The van der Waals surface area contributed by atoms with Crippen molar-refractivity contribution < 1.29 is 9.53 Å². The van der Waals surface area contributed by atoms with Gasteiger partial charge in [-0.2, -0.15) is 0 Å². The first-order valence-electron chi connectivity index (χ1n) is 4.94. The number of ether oxygens (including phenoxy) is 1. The van der Waals surface area contributed by atoms with Gasteiger partial charge in [-0.05, 0) is 29.3 Å². The van der Waals surface area contributed by atoms with Gasteiger partial charge >= 0.3 is 5.97 Å². The van der Waals surface area contributed by atoms with Crippen LogP contribution in [-0.4, -0.2) is 23.0 Å². The van der Waals surface area contributed by atoms with E-state index in [1.165, 1.54) is 7.11 Å². The predicted molar refractivity (Wildman–Crippen MR) is 59.7 cm³/mol. The first-order valence-corrected chi connectivity index (χ1v) is 4.94. The number of carbonyl (C=O) groups is 1. The number of aromatic nitrogens is 2. The second-order valence-corrected chi connectivity index (χ2v) is 3.40. The molecule has 1 N–H and O–H groups in total. The molecule has 0 amide bonds. The lowest BCUT2D eigenvalue weighted by Gasteiger charge is -1.95. The molecule has 0 fully saturated rings. The highest BCUT2D eigenvalue weighted by atomic mass is 16.5. The molecule has 82 valence electrons. The zero-order valence-electron chi connectivity index (χ0n) is 8.93. The lowest BCUT2D eigenvalue weighted by Crippen LogP contribution is -2.04. The summed E-state index contributed by atoms with van der Waals surface area (Å²) >= 11 is 0. The Bertz CT molecular complexity index is 477. The van der Waals surface area contributed by atoms with Gasteiger partial charge in [0.2, 0.25) is 0 Å². The molecule has 0 spiro atoms. The molecule has 4 nitrogen and oxygen atoms in total. The van der Waals surface area contributed by atoms with Crippen molar-refractivity contribution in [2.75, 3.05) is 7.11 Å². The molecule has 0 aliphatic rings. The van der Waals surface area contributed by atoms with Gasteiger partial charge in [-0.15, -0.1) is 0 Å². The summed E-state index contributed by atoms with van der Waals surface area (Å²) in [5.41, 5.74) is 2.96. The van der Waals surface area contributed by atoms with Crippen LogP contribution in [0.25, 0.3) is 11.1 Å². The second-order valence-electron chi connectivity index (χ2n) is 3.40. The van der Waals surface area contributed by atoms with E-state index in [1.807, 2.05) is 24.4 Å². The zero-order chi connectivity index (χ0) is 11.4. The molecule has 0 aromatic carbocycles. The number of rotatable bonds is 3. The third-order valence-corrected chi connectivity index (χ3v) is 2.32. The number of hydrogen-bond donors (Lipinski definition) is 1. The molecule has 2 rings (SSSR count). The first kappa shape index (κ1) is 10.4. The van der Waals surface area contributed by atoms with Crippen LogP contribution >= 0.6 is 0 Å². The number of H-pyrrole nitrogens is 1. The van der Waals surface area contributed by atoms with Gasteiger partial charge < -0.3 is 9.72 Å². The minimum absolute atomic E-state index is 0.247. The van der Waals surface area contributed by atoms with Gasteiger partial charge in [0.05, 0.1) is 13.5 Å². The molecule has 0 aliphatic carbocycles. The summed E-state index contributed by atoms with van der Waals surface area (Å²) < 4.78 is 4.60. The Morgan fingerprint density at radius 2 is 2.12 bits per heavy atom. The molecule has 0 unspecified atom stereocenters. The maximum absolute atomic E-state index is 11.1. The minimum atomic E-state index is -0.247. The van der Waals surface area contributed by atoms with E-state index >= 15 is 0 Å². The molecular weight excluding hydrogens is 204 g/mol. The van der Waals surface area contributed by atoms with Crippen LogP contribution in [0.1, 0.15) is 5.69 Å². The topological polar surface area (TPSA) is 55.0 Å². The minimum Gasteiger partial charge on any atom is -0.469 e. The number of carbonyl (C=O) groups excluding carboxylic acids is 1. The van der Waals surface area contributed by atoms with Gasteiger partial charge in [0.1, 0.15) is 0 Å². The van der Waals surface area contributed by atoms with E-state index in [0.29, 0.717) is 0 Å². The molecule has 2 heterocycles. The summed E-state index contributed by atoms with van der Waals surface area (Å²) in [4.78, 5) is 18.1. The Hall–Kier alpha value is -2.10. The molecule has 0 saturated carbocycles. The smallest absolute Gasteiger partial charge is 0.311 e. The fraction of sp³-hybridized carbons (Fsp3) is 0.167. The predicted octanol–water partition coefficient (Wildman–Crippen LogP) is 1.79. The molecule has 0 saturated heterocycles. The van der Waals surface area contributed by atoms with Crippen molar-refractivity contribution in [1.29, 1.82) is 0 Å². The van der Waals surface area contributed by atoms with E-state index in [4.69, 9.17) is 0 Å². The molecular formula is C12H12N2O2. The lowest BCUT2D eigenvalue weighted by molar-refractivity contribution is -0.139. The molecule has 16 heavy (non-hydrogen) atoms. The van der Waals surface area contributed by atoms with E-state index in [0.717, 1.165) is 16.8 Å². The zero-order valence-corrected chi connectivity index (χ0v) is 8.93. The molecule has 0 radical (unpaired) electrons. The van der Waals surface area contributed by atoms with Gasteiger partial charge in [0, 0.05) is 24.3 Å². The summed E-state index contributed by atoms with van der Waals surface area (Å²) in [6.45, 7) is 0. The second kappa shape index (κ2) is 4.61. The van der Waals surface area contributed by atoms with Gasteiger partial charge in [-0.3, -0.25) is 9.78 Å². The number of hydrogen-bond acceptors (Lipinski definition) is 3. The third kappa shape index (κ3) is 2.28. The first-order chi connectivity index (χ1) is 7.79. The number of nitrogens with zero attached hydrogens (tertiary/aromatic N) is 1. The van der Waals surface area contributed by atoms with Crippen molar-refractivity contribution in [3.63, 3.8) is 0 Å². The van der Waals surface area contributed by atoms with E-state index in [9.17, 15) is 4.79 Å². The quantitative estimate of drug-likeness (QED) is 0.796. The molecule has 0 atom stereocenters. The van der Waals surface area contributed by atoms with Gasteiger partial charge in [-0.25, -0.2) is 0 Å². The Morgan fingerprint density at radius 3 is 2.81 bits per heavy atom.